The SMILES string of the molecule is O=C(NNC(=O)c1ccccc1Cl)c1cc(C2CC2)on1. The van der Waals surface area contributed by atoms with E-state index in [1.165, 1.54) is 0 Å². The molecule has 21 heavy (non-hydrogen) atoms. The van der Waals surface area contributed by atoms with Crippen LogP contribution in [0.3, 0.4) is 0 Å². The molecule has 3 rings (SSSR count). The second kappa shape index (κ2) is 5.57. The molecule has 1 aliphatic carbocycles. The zero-order valence-corrected chi connectivity index (χ0v) is 11.7. The van der Waals surface area contributed by atoms with Gasteiger partial charge in [-0.1, -0.05) is 28.9 Å². The van der Waals surface area contributed by atoms with Crippen LogP contribution in [0.5, 0.6) is 0 Å². The van der Waals surface area contributed by atoms with Crippen LogP contribution in [-0.4, -0.2) is 17.0 Å². The van der Waals surface area contributed by atoms with Crippen LogP contribution in [0, 0.1) is 0 Å². The molecule has 0 atom stereocenters. The highest BCUT2D eigenvalue weighted by molar-refractivity contribution is 6.33. The van der Waals surface area contributed by atoms with Crippen molar-refractivity contribution in [3.63, 3.8) is 0 Å². The number of carbonyl (C=O) groups excluding carboxylic acids is 2. The van der Waals surface area contributed by atoms with Gasteiger partial charge in [0.1, 0.15) is 5.76 Å². The quantitative estimate of drug-likeness (QED) is 0.852. The van der Waals surface area contributed by atoms with Crippen molar-refractivity contribution in [1.29, 1.82) is 0 Å². The lowest BCUT2D eigenvalue weighted by Gasteiger charge is -2.06. The van der Waals surface area contributed by atoms with Crippen LogP contribution in [0.1, 0.15) is 45.4 Å². The van der Waals surface area contributed by atoms with Crippen molar-refractivity contribution in [2.75, 3.05) is 0 Å². The normalized spacial score (nSPS) is 13.8. The third kappa shape index (κ3) is 3.05. The van der Waals surface area contributed by atoms with Crippen molar-refractivity contribution in [1.82, 2.24) is 16.0 Å². The zero-order chi connectivity index (χ0) is 14.8. The zero-order valence-electron chi connectivity index (χ0n) is 10.9. The van der Waals surface area contributed by atoms with E-state index in [1.54, 1.807) is 30.3 Å². The van der Waals surface area contributed by atoms with Gasteiger partial charge in [0.15, 0.2) is 5.69 Å². The Balaban J connectivity index is 1.60. The number of nitrogens with zero attached hydrogens (tertiary/aromatic N) is 1. The van der Waals surface area contributed by atoms with Crippen molar-refractivity contribution in [3.8, 4) is 0 Å². The van der Waals surface area contributed by atoms with E-state index in [0.717, 1.165) is 12.8 Å². The molecule has 2 amide bonds. The summed E-state index contributed by atoms with van der Waals surface area (Å²) in [7, 11) is 0. The Kier molecular flexibility index (Phi) is 3.62. The number of rotatable bonds is 3. The molecule has 0 spiro atoms. The number of aromatic nitrogens is 1. The lowest BCUT2D eigenvalue weighted by molar-refractivity contribution is 0.0841. The van der Waals surface area contributed by atoms with Gasteiger partial charge in [-0.2, -0.15) is 0 Å². The highest BCUT2D eigenvalue weighted by Crippen LogP contribution is 2.40. The molecule has 108 valence electrons. The van der Waals surface area contributed by atoms with Gasteiger partial charge in [0.2, 0.25) is 0 Å². The first-order valence-corrected chi connectivity index (χ1v) is 6.85. The van der Waals surface area contributed by atoms with Crippen LogP contribution in [0.2, 0.25) is 5.02 Å². The highest BCUT2D eigenvalue weighted by atomic mass is 35.5. The van der Waals surface area contributed by atoms with Gasteiger partial charge in [0.25, 0.3) is 11.8 Å². The number of benzene rings is 1. The Hall–Kier alpha value is -2.34. The smallest absolute Gasteiger partial charge is 0.291 e. The molecule has 0 saturated heterocycles. The van der Waals surface area contributed by atoms with Gasteiger partial charge in [-0.3, -0.25) is 20.4 Å². The minimum Gasteiger partial charge on any atom is -0.360 e. The number of hydrogen-bond acceptors (Lipinski definition) is 4. The minimum absolute atomic E-state index is 0.136. The van der Waals surface area contributed by atoms with Gasteiger partial charge in [-0.25, -0.2) is 0 Å². The maximum absolute atomic E-state index is 11.9. The molecule has 2 aromatic rings. The summed E-state index contributed by atoms with van der Waals surface area (Å²) in [6, 6.07) is 8.15. The number of nitrogens with one attached hydrogen (secondary N) is 2. The average molecular weight is 306 g/mol. The second-order valence-corrected chi connectivity index (χ2v) is 5.18. The molecule has 0 bridgehead atoms. The first-order valence-electron chi connectivity index (χ1n) is 6.47. The van der Waals surface area contributed by atoms with Gasteiger partial charge in [0.05, 0.1) is 10.6 Å². The molecule has 0 radical (unpaired) electrons. The minimum atomic E-state index is -0.536. The number of amides is 2. The summed E-state index contributed by atoms with van der Waals surface area (Å²) in [5, 5.41) is 3.99. The fraction of sp³-hybridized carbons (Fsp3) is 0.214. The number of halogens is 1. The van der Waals surface area contributed by atoms with Gasteiger partial charge in [0, 0.05) is 12.0 Å². The average Bonchev–Trinajstić information content (AvgIpc) is 3.22. The van der Waals surface area contributed by atoms with Crippen LogP contribution < -0.4 is 10.9 Å². The first-order chi connectivity index (χ1) is 10.1. The van der Waals surface area contributed by atoms with E-state index in [9.17, 15) is 9.59 Å². The number of carbonyl (C=O) groups is 2. The van der Waals surface area contributed by atoms with Crippen LogP contribution >= 0.6 is 11.6 Å². The Labute approximate surface area is 125 Å². The van der Waals surface area contributed by atoms with E-state index in [1.807, 2.05) is 0 Å². The third-order valence-corrected chi connectivity index (χ3v) is 3.48. The molecule has 6 nitrogen and oxygen atoms in total. The number of hydrazine groups is 1. The molecule has 2 N–H and O–H groups in total. The van der Waals surface area contributed by atoms with E-state index in [2.05, 4.69) is 16.0 Å². The molecular weight excluding hydrogens is 294 g/mol. The van der Waals surface area contributed by atoms with Crippen molar-refractivity contribution in [3.05, 3.63) is 52.4 Å². The van der Waals surface area contributed by atoms with E-state index < -0.39 is 11.8 Å². The monoisotopic (exact) mass is 305 g/mol. The predicted molar refractivity (Wildman–Crippen MR) is 74.9 cm³/mol. The van der Waals surface area contributed by atoms with E-state index in [4.69, 9.17) is 16.1 Å². The topological polar surface area (TPSA) is 84.2 Å². The van der Waals surface area contributed by atoms with E-state index >= 15 is 0 Å². The molecule has 0 unspecified atom stereocenters. The molecule has 1 aromatic carbocycles. The molecule has 7 heteroatoms. The van der Waals surface area contributed by atoms with Crippen LogP contribution in [0.25, 0.3) is 0 Å². The maximum atomic E-state index is 11.9. The van der Waals surface area contributed by atoms with Crippen molar-refractivity contribution < 1.29 is 14.1 Å². The summed E-state index contributed by atoms with van der Waals surface area (Å²) in [6.45, 7) is 0. The summed E-state index contributed by atoms with van der Waals surface area (Å²) < 4.78 is 5.08. The van der Waals surface area contributed by atoms with Crippen molar-refractivity contribution in [2.45, 2.75) is 18.8 Å². The molecule has 0 aliphatic heterocycles. The summed E-state index contributed by atoms with van der Waals surface area (Å²) >= 11 is 5.90. The summed E-state index contributed by atoms with van der Waals surface area (Å²) in [5.41, 5.74) is 4.98. The predicted octanol–water partition coefficient (Wildman–Crippen LogP) is 2.28. The highest BCUT2D eigenvalue weighted by Gasteiger charge is 2.29. The van der Waals surface area contributed by atoms with Gasteiger partial charge < -0.3 is 4.52 Å². The molecule has 1 aromatic heterocycles. The molecule has 1 aliphatic rings. The Bertz CT molecular complexity index is 694. The fourth-order valence-electron chi connectivity index (χ4n) is 1.85. The van der Waals surface area contributed by atoms with Gasteiger partial charge in [-0.05, 0) is 25.0 Å². The lowest BCUT2D eigenvalue weighted by Crippen LogP contribution is -2.41. The molecular formula is C14H12ClN3O3. The first kappa shape index (κ1) is 13.6. The Morgan fingerprint density at radius 1 is 1.19 bits per heavy atom. The Morgan fingerprint density at radius 2 is 1.90 bits per heavy atom. The largest absolute Gasteiger partial charge is 0.360 e. The molecule has 1 fully saturated rings. The summed E-state index contributed by atoms with van der Waals surface area (Å²) in [5.74, 6) is 0.0419. The van der Waals surface area contributed by atoms with E-state index in [0.29, 0.717) is 16.7 Å². The summed E-state index contributed by atoms with van der Waals surface area (Å²) in [4.78, 5) is 23.7. The van der Waals surface area contributed by atoms with Gasteiger partial charge >= 0.3 is 0 Å². The third-order valence-electron chi connectivity index (χ3n) is 3.15. The number of hydrogen-bond donors (Lipinski definition) is 2. The van der Waals surface area contributed by atoms with Crippen LogP contribution in [0.4, 0.5) is 0 Å². The fourth-order valence-corrected chi connectivity index (χ4v) is 2.07. The molecule has 1 heterocycles. The van der Waals surface area contributed by atoms with Crippen LogP contribution in [-0.2, 0) is 0 Å². The molecule has 1 saturated carbocycles. The van der Waals surface area contributed by atoms with Crippen molar-refractivity contribution in [2.24, 2.45) is 0 Å². The Morgan fingerprint density at radius 3 is 2.62 bits per heavy atom. The van der Waals surface area contributed by atoms with Crippen LogP contribution in [0.15, 0.2) is 34.9 Å². The standard InChI is InChI=1S/C14H12ClN3O3/c15-10-4-2-1-3-9(10)13(19)16-17-14(20)11-7-12(21-18-11)8-5-6-8/h1-4,7-8H,5-6H2,(H,16,19)(H,17,20). The maximum Gasteiger partial charge on any atom is 0.291 e. The lowest BCUT2D eigenvalue weighted by atomic mass is 10.2. The summed E-state index contributed by atoms with van der Waals surface area (Å²) in [6.07, 6.45) is 2.11. The van der Waals surface area contributed by atoms with Crippen molar-refractivity contribution >= 4 is 23.4 Å². The van der Waals surface area contributed by atoms with Gasteiger partial charge in [-0.15, -0.1) is 0 Å². The van der Waals surface area contributed by atoms with E-state index in [-0.39, 0.29) is 11.3 Å². The second-order valence-electron chi connectivity index (χ2n) is 4.78.